The Bertz CT molecular complexity index is 109. The van der Waals surface area contributed by atoms with E-state index < -0.39 is 11.0 Å². The average molecular weight is 139 g/mol. The van der Waals surface area contributed by atoms with Crippen LogP contribution in [0.2, 0.25) is 0 Å². The zero-order chi connectivity index (χ0) is 6.73. The third-order valence-corrected chi connectivity index (χ3v) is 0.648. The Balaban J connectivity index is 3.83. The molecule has 7 heteroatoms. The van der Waals surface area contributed by atoms with E-state index in [1.165, 1.54) is 0 Å². The molecule has 0 rings (SSSR count). The number of hydrogen-bond acceptors (Lipinski definition) is 3. The number of nitrogens with two attached hydrogens (primary N) is 1. The van der Waals surface area contributed by atoms with E-state index in [0.29, 0.717) is 0 Å². The number of guanidine groups is 1. The molecule has 0 saturated heterocycles. The Kier molecular flexibility index (Phi) is 2.01. The van der Waals surface area contributed by atoms with Gasteiger partial charge in [0.2, 0.25) is 0 Å². The molecule has 6 nitrogen and oxygen atoms in total. The highest BCUT2D eigenvalue weighted by Gasteiger charge is 2.12. The lowest BCUT2D eigenvalue weighted by Crippen LogP contribution is -2.32. The number of nitrogens with zero attached hydrogens (tertiary/aromatic N) is 2. The second-order valence-corrected chi connectivity index (χ2v) is 1.20. The Labute approximate surface area is 49.6 Å². The quantitative estimate of drug-likeness (QED) is 0.168. The highest BCUT2D eigenvalue weighted by Crippen LogP contribution is 1.88. The molecule has 0 radical (unpaired) electrons. The maximum absolute atomic E-state index is 9.52. The van der Waals surface area contributed by atoms with Gasteiger partial charge in [0.1, 0.15) is 0 Å². The molecule has 0 fully saturated rings. The van der Waals surface area contributed by atoms with Gasteiger partial charge < -0.3 is 5.73 Å². The van der Waals surface area contributed by atoms with Crippen molar-refractivity contribution in [2.24, 2.45) is 5.73 Å². The summed E-state index contributed by atoms with van der Waals surface area (Å²) >= 11 is 4.74. The lowest BCUT2D eigenvalue weighted by Gasteiger charge is -1.97. The van der Waals surface area contributed by atoms with Crippen molar-refractivity contribution in [1.29, 1.82) is 5.41 Å². The smallest absolute Gasteiger partial charge is 0.272 e. The maximum atomic E-state index is 9.52. The van der Waals surface area contributed by atoms with Crippen LogP contribution in [0.3, 0.4) is 0 Å². The zero-order valence-electron chi connectivity index (χ0n) is 3.67. The summed E-state index contributed by atoms with van der Waals surface area (Å²) in [7, 11) is 0. The molecule has 0 aromatic carbocycles. The summed E-state index contributed by atoms with van der Waals surface area (Å²) in [6.07, 6.45) is 0. The molecule has 0 aliphatic carbocycles. The maximum Gasteiger partial charge on any atom is 0.272 e. The predicted octanol–water partition coefficient (Wildman–Crippen LogP) is -0.473. The molecule has 3 N–H and O–H groups in total. The number of nitrogens with one attached hydrogen (secondary N) is 1. The van der Waals surface area contributed by atoms with Crippen LogP contribution in [0.1, 0.15) is 0 Å². The fraction of sp³-hybridized carbons (Fsp3) is 0. The summed E-state index contributed by atoms with van der Waals surface area (Å²) in [5.74, 6) is -0.809. The summed E-state index contributed by atoms with van der Waals surface area (Å²) < 4.78 is -0.111. The van der Waals surface area contributed by atoms with Crippen LogP contribution in [-0.2, 0) is 0 Å². The summed E-state index contributed by atoms with van der Waals surface area (Å²) in [4.78, 5) is 9.52. The van der Waals surface area contributed by atoms with E-state index in [9.17, 15) is 10.1 Å². The Hall–Kier alpha value is -1.04. The SMILES string of the molecule is N=C(N)N(Cl)[N+](=O)[O-]. The van der Waals surface area contributed by atoms with Crippen LogP contribution in [0, 0.1) is 15.5 Å². The molecule has 0 heterocycles. The van der Waals surface area contributed by atoms with E-state index >= 15 is 0 Å². The highest BCUT2D eigenvalue weighted by atomic mass is 35.5. The van der Waals surface area contributed by atoms with Gasteiger partial charge in [0.15, 0.2) is 5.03 Å². The minimum absolute atomic E-state index is 0.111. The van der Waals surface area contributed by atoms with E-state index in [1.807, 2.05) is 0 Å². The van der Waals surface area contributed by atoms with Gasteiger partial charge in [-0.15, -0.1) is 0 Å². The van der Waals surface area contributed by atoms with Gasteiger partial charge in [0, 0.05) is 4.53 Å². The predicted molar refractivity (Wildman–Crippen MR) is 26.6 cm³/mol. The molecule has 0 spiro atoms. The third kappa shape index (κ3) is 1.61. The molecule has 0 bridgehead atoms. The first-order chi connectivity index (χ1) is 3.55. The normalized spacial score (nSPS) is 8.12. The van der Waals surface area contributed by atoms with Crippen molar-refractivity contribution in [2.75, 3.05) is 0 Å². The van der Waals surface area contributed by atoms with Gasteiger partial charge in [0.25, 0.3) is 5.96 Å². The van der Waals surface area contributed by atoms with Crippen LogP contribution in [0.15, 0.2) is 0 Å². The van der Waals surface area contributed by atoms with Crippen LogP contribution in [0.25, 0.3) is 0 Å². The fourth-order valence-electron chi connectivity index (χ4n) is 0.0880. The topological polar surface area (TPSA) is 96.2 Å². The second-order valence-electron chi connectivity index (χ2n) is 0.883. The van der Waals surface area contributed by atoms with Crippen molar-refractivity contribution in [1.82, 2.24) is 4.53 Å². The monoisotopic (exact) mass is 138 g/mol. The summed E-state index contributed by atoms with van der Waals surface area (Å²) in [6, 6.07) is 0. The number of rotatable bonds is 1. The fourth-order valence-corrected chi connectivity index (χ4v) is 0.0880. The lowest BCUT2D eigenvalue weighted by molar-refractivity contribution is -0.597. The van der Waals surface area contributed by atoms with Crippen LogP contribution in [0.4, 0.5) is 0 Å². The van der Waals surface area contributed by atoms with Crippen LogP contribution < -0.4 is 5.73 Å². The second kappa shape index (κ2) is 2.31. The molecular formula is CH3ClN4O2. The van der Waals surface area contributed by atoms with Crippen molar-refractivity contribution < 1.29 is 5.03 Å². The first-order valence-corrected chi connectivity index (χ1v) is 1.83. The molecule has 8 heavy (non-hydrogen) atoms. The van der Waals surface area contributed by atoms with Crippen molar-refractivity contribution in [3.05, 3.63) is 10.1 Å². The summed E-state index contributed by atoms with van der Waals surface area (Å²) in [5.41, 5.74) is 4.57. The molecule has 0 aromatic heterocycles. The number of hydrazine groups is 1. The molecule has 0 aliphatic rings. The highest BCUT2D eigenvalue weighted by molar-refractivity contribution is 6.19. The summed E-state index contributed by atoms with van der Waals surface area (Å²) in [5, 5.41) is 14.9. The van der Waals surface area contributed by atoms with Gasteiger partial charge in [-0.25, -0.2) is 10.1 Å². The first-order valence-electron chi connectivity index (χ1n) is 1.50. The largest absolute Gasteiger partial charge is 0.364 e. The number of nitro groups is 1. The van der Waals surface area contributed by atoms with E-state index in [-0.39, 0.29) is 4.53 Å². The minimum Gasteiger partial charge on any atom is -0.364 e. The van der Waals surface area contributed by atoms with Crippen molar-refractivity contribution >= 4 is 17.7 Å². The van der Waals surface area contributed by atoms with E-state index in [1.54, 1.807) is 0 Å². The molecule has 0 saturated carbocycles. The molecule has 0 aliphatic heterocycles. The average Bonchev–Trinajstić information content (AvgIpc) is 1.64. The van der Waals surface area contributed by atoms with E-state index in [4.69, 9.17) is 17.2 Å². The number of hydrogen-bond donors (Lipinski definition) is 2. The van der Waals surface area contributed by atoms with Gasteiger partial charge >= 0.3 is 0 Å². The van der Waals surface area contributed by atoms with Crippen molar-refractivity contribution in [3.63, 3.8) is 0 Å². The molecule has 0 aromatic rings. The van der Waals surface area contributed by atoms with Crippen LogP contribution in [-0.4, -0.2) is 15.5 Å². The van der Waals surface area contributed by atoms with E-state index in [0.717, 1.165) is 0 Å². The van der Waals surface area contributed by atoms with E-state index in [2.05, 4.69) is 5.73 Å². The molecule has 46 valence electrons. The van der Waals surface area contributed by atoms with Gasteiger partial charge in [0.05, 0.1) is 11.8 Å². The Morgan fingerprint density at radius 3 is 2.38 bits per heavy atom. The van der Waals surface area contributed by atoms with Crippen LogP contribution in [0.5, 0.6) is 0 Å². The minimum atomic E-state index is -1.01. The van der Waals surface area contributed by atoms with Crippen molar-refractivity contribution in [3.8, 4) is 0 Å². The van der Waals surface area contributed by atoms with Gasteiger partial charge in [-0.2, -0.15) is 0 Å². The van der Waals surface area contributed by atoms with Crippen LogP contribution >= 0.6 is 11.8 Å². The summed E-state index contributed by atoms with van der Waals surface area (Å²) in [6.45, 7) is 0. The van der Waals surface area contributed by atoms with Gasteiger partial charge in [-0.05, 0) is 0 Å². The van der Waals surface area contributed by atoms with Crippen molar-refractivity contribution in [2.45, 2.75) is 0 Å². The Morgan fingerprint density at radius 2 is 2.38 bits per heavy atom. The molecule has 0 amide bonds. The first kappa shape index (κ1) is 6.96. The van der Waals surface area contributed by atoms with Gasteiger partial charge in [-0.1, -0.05) is 0 Å². The Morgan fingerprint density at radius 1 is 2.00 bits per heavy atom. The lowest BCUT2D eigenvalue weighted by atomic mass is 11.1. The van der Waals surface area contributed by atoms with Gasteiger partial charge in [-0.3, -0.25) is 5.41 Å². The molecule has 0 atom stereocenters. The zero-order valence-corrected chi connectivity index (χ0v) is 4.42. The standard InChI is InChI=1S/CH3ClN4O2/c2-5(1(3)4)6(7)8/h(H3,3,4). The molecule has 0 unspecified atom stereocenters. The third-order valence-electron chi connectivity index (χ3n) is 0.342. The molecular weight excluding hydrogens is 135 g/mol. The number of halogens is 1.